The molecule has 1 aliphatic rings. The molecule has 0 atom stereocenters. The van der Waals surface area contributed by atoms with E-state index in [1.807, 2.05) is 12.3 Å². The van der Waals surface area contributed by atoms with Crippen molar-refractivity contribution in [1.29, 1.82) is 0 Å². The molecule has 0 N–H and O–H groups in total. The Kier molecular flexibility index (Phi) is 5.49. The maximum atomic E-state index is 13.3. The van der Waals surface area contributed by atoms with Crippen LogP contribution in [0.2, 0.25) is 0 Å². The van der Waals surface area contributed by atoms with E-state index in [1.54, 1.807) is 11.0 Å². The molecule has 0 bridgehead atoms. The number of amides is 1. The zero-order chi connectivity index (χ0) is 18.7. The molecule has 2 heterocycles. The Morgan fingerprint density at radius 1 is 1.27 bits per heavy atom. The summed E-state index contributed by atoms with van der Waals surface area (Å²) in [7, 11) is -3.76. The van der Waals surface area contributed by atoms with Gasteiger partial charge in [0.1, 0.15) is 5.82 Å². The van der Waals surface area contributed by atoms with Gasteiger partial charge in [-0.2, -0.15) is 4.31 Å². The largest absolute Gasteiger partial charge is 0.337 e. The van der Waals surface area contributed by atoms with Crippen LogP contribution in [0.1, 0.15) is 10.7 Å². The summed E-state index contributed by atoms with van der Waals surface area (Å²) in [4.78, 5) is 18.0. The van der Waals surface area contributed by atoms with Crippen LogP contribution in [0.3, 0.4) is 0 Å². The quantitative estimate of drug-likeness (QED) is 0.744. The average molecular weight is 395 g/mol. The molecule has 138 valence electrons. The topological polar surface area (TPSA) is 70.6 Å². The molecule has 26 heavy (non-hydrogen) atoms. The molecular formula is C17H18FN3O3S2. The van der Waals surface area contributed by atoms with Crippen LogP contribution in [-0.2, 0) is 14.8 Å². The van der Waals surface area contributed by atoms with Gasteiger partial charge in [0.05, 0.1) is 15.6 Å². The SMILES string of the molecule is Cc1nc(/C=C/C(=O)N2CCN(S(=O)(=O)c3cccc(F)c3)CC2)cs1. The maximum absolute atomic E-state index is 13.3. The molecule has 1 aromatic heterocycles. The number of aryl methyl sites for hydroxylation is 1. The van der Waals surface area contributed by atoms with Gasteiger partial charge in [-0.1, -0.05) is 6.07 Å². The Morgan fingerprint density at radius 3 is 2.62 bits per heavy atom. The van der Waals surface area contributed by atoms with Crippen molar-refractivity contribution in [2.45, 2.75) is 11.8 Å². The van der Waals surface area contributed by atoms with Gasteiger partial charge in [-0.3, -0.25) is 4.79 Å². The number of nitrogens with zero attached hydrogens (tertiary/aromatic N) is 3. The molecule has 3 rings (SSSR count). The fourth-order valence-electron chi connectivity index (χ4n) is 2.64. The molecule has 0 radical (unpaired) electrons. The second kappa shape index (κ2) is 7.65. The van der Waals surface area contributed by atoms with Crippen LogP contribution in [0.25, 0.3) is 6.08 Å². The number of thiazole rings is 1. The van der Waals surface area contributed by atoms with Gasteiger partial charge in [0.15, 0.2) is 0 Å². The van der Waals surface area contributed by atoms with Gasteiger partial charge in [-0.25, -0.2) is 17.8 Å². The third kappa shape index (κ3) is 4.17. The van der Waals surface area contributed by atoms with Crippen molar-refractivity contribution in [3.05, 3.63) is 52.2 Å². The first-order valence-electron chi connectivity index (χ1n) is 8.01. The summed E-state index contributed by atoms with van der Waals surface area (Å²) in [5.74, 6) is -0.777. The van der Waals surface area contributed by atoms with E-state index >= 15 is 0 Å². The van der Waals surface area contributed by atoms with Crippen LogP contribution in [0.15, 0.2) is 40.6 Å². The molecule has 0 spiro atoms. The highest BCUT2D eigenvalue weighted by molar-refractivity contribution is 7.89. The minimum absolute atomic E-state index is 0.0731. The normalized spacial score (nSPS) is 16.3. The summed E-state index contributed by atoms with van der Waals surface area (Å²) >= 11 is 1.51. The lowest BCUT2D eigenvalue weighted by Crippen LogP contribution is -2.50. The molecule has 2 aromatic rings. The number of rotatable bonds is 4. The van der Waals surface area contributed by atoms with Crippen molar-refractivity contribution < 1.29 is 17.6 Å². The lowest BCUT2D eigenvalue weighted by atomic mass is 10.3. The summed E-state index contributed by atoms with van der Waals surface area (Å²) in [6.07, 6.45) is 3.10. The Balaban J connectivity index is 1.61. The van der Waals surface area contributed by atoms with E-state index in [0.29, 0.717) is 0 Å². The van der Waals surface area contributed by atoms with E-state index in [1.165, 1.54) is 39.9 Å². The number of hydrogen-bond donors (Lipinski definition) is 0. The van der Waals surface area contributed by atoms with Gasteiger partial charge in [0.2, 0.25) is 15.9 Å². The highest BCUT2D eigenvalue weighted by Crippen LogP contribution is 2.18. The van der Waals surface area contributed by atoms with E-state index in [0.717, 1.165) is 16.8 Å². The van der Waals surface area contributed by atoms with E-state index < -0.39 is 15.8 Å². The average Bonchev–Trinajstić information content (AvgIpc) is 3.05. The third-order valence-electron chi connectivity index (χ3n) is 4.02. The Bertz CT molecular complexity index is 932. The monoisotopic (exact) mass is 395 g/mol. The number of sulfonamides is 1. The number of halogens is 1. The molecule has 1 aromatic carbocycles. The van der Waals surface area contributed by atoms with Crippen LogP contribution in [-0.4, -0.2) is 54.7 Å². The lowest BCUT2D eigenvalue weighted by molar-refractivity contribution is -0.127. The molecule has 1 saturated heterocycles. The van der Waals surface area contributed by atoms with Crippen molar-refractivity contribution in [1.82, 2.24) is 14.2 Å². The molecule has 9 heteroatoms. The first kappa shape index (κ1) is 18.7. The minimum atomic E-state index is -3.76. The van der Waals surface area contributed by atoms with E-state index in [-0.39, 0.29) is 37.0 Å². The molecule has 0 aliphatic carbocycles. The fourth-order valence-corrected chi connectivity index (χ4v) is 4.68. The molecule has 1 aliphatic heterocycles. The van der Waals surface area contributed by atoms with Gasteiger partial charge in [-0.15, -0.1) is 11.3 Å². The van der Waals surface area contributed by atoms with E-state index in [9.17, 15) is 17.6 Å². The molecule has 1 fully saturated rings. The molecule has 1 amide bonds. The number of carbonyl (C=O) groups excluding carboxylic acids is 1. The highest BCUT2D eigenvalue weighted by atomic mass is 32.2. The predicted octanol–water partition coefficient (Wildman–Crippen LogP) is 2.14. The van der Waals surface area contributed by atoms with Gasteiger partial charge < -0.3 is 4.90 Å². The van der Waals surface area contributed by atoms with Crippen LogP contribution >= 0.6 is 11.3 Å². The Morgan fingerprint density at radius 2 is 2.00 bits per heavy atom. The Labute approximate surface area is 155 Å². The number of piperazine rings is 1. The number of carbonyl (C=O) groups is 1. The molecular weight excluding hydrogens is 377 g/mol. The van der Waals surface area contributed by atoms with Gasteiger partial charge in [0.25, 0.3) is 0 Å². The number of hydrogen-bond acceptors (Lipinski definition) is 5. The summed E-state index contributed by atoms with van der Waals surface area (Å²) in [6.45, 7) is 2.81. The van der Waals surface area contributed by atoms with Crippen LogP contribution in [0, 0.1) is 12.7 Å². The maximum Gasteiger partial charge on any atom is 0.246 e. The van der Waals surface area contributed by atoms with Crippen molar-refractivity contribution in [2.24, 2.45) is 0 Å². The van der Waals surface area contributed by atoms with Crippen molar-refractivity contribution in [3.8, 4) is 0 Å². The zero-order valence-corrected chi connectivity index (χ0v) is 15.8. The van der Waals surface area contributed by atoms with Crippen LogP contribution < -0.4 is 0 Å². The third-order valence-corrected chi connectivity index (χ3v) is 6.70. The zero-order valence-electron chi connectivity index (χ0n) is 14.1. The summed E-state index contributed by atoms with van der Waals surface area (Å²) in [6, 6.07) is 4.94. The Hall–Kier alpha value is -2.10. The van der Waals surface area contributed by atoms with Crippen molar-refractivity contribution >= 4 is 33.3 Å². The number of benzene rings is 1. The smallest absolute Gasteiger partial charge is 0.246 e. The highest BCUT2D eigenvalue weighted by Gasteiger charge is 2.29. The van der Waals surface area contributed by atoms with Gasteiger partial charge in [-0.05, 0) is 31.2 Å². The van der Waals surface area contributed by atoms with E-state index in [4.69, 9.17) is 0 Å². The standard InChI is InChI=1S/C17H18FN3O3S2/c1-13-19-15(12-25-13)5-6-17(22)20-7-9-21(10-8-20)26(23,24)16-4-2-3-14(18)11-16/h2-6,11-12H,7-10H2,1H3/b6-5+. The summed E-state index contributed by atoms with van der Waals surface area (Å²) in [5.41, 5.74) is 0.730. The number of aromatic nitrogens is 1. The summed E-state index contributed by atoms with van der Waals surface area (Å²) < 4.78 is 39.7. The molecule has 0 unspecified atom stereocenters. The summed E-state index contributed by atoms with van der Waals surface area (Å²) in [5, 5.41) is 2.79. The second-order valence-electron chi connectivity index (χ2n) is 5.81. The molecule has 0 saturated carbocycles. The van der Waals surface area contributed by atoms with Crippen molar-refractivity contribution in [2.75, 3.05) is 26.2 Å². The first-order chi connectivity index (χ1) is 12.4. The molecule has 6 nitrogen and oxygen atoms in total. The van der Waals surface area contributed by atoms with Crippen molar-refractivity contribution in [3.63, 3.8) is 0 Å². The predicted molar refractivity (Wildman–Crippen MR) is 97.6 cm³/mol. The van der Waals surface area contributed by atoms with Crippen LogP contribution in [0.4, 0.5) is 4.39 Å². The minimum Gasteiger partial charge on any atom is -0.337 e. The fraction of sp³-hybridized carbons (Fsp3) is 0.294. The van der Waals surface area contributed by atoms with Crippen LogP contribution in [0.5, 0.6) is 0 Å². The lowest BCUT2D eigenvalue weighted by Gasteiger charge is -2.33. The second-order valence-corrected chi connectivity index (χ2v) is 8.81. The van der Waals surface area contributed by atoms with Gasteiger partial charge in [0, 0.05) is 37.6 Å². The van der Waals surface area contributed by atoms with Gasteiger partial charge >= 0.3 is 0 Å². The van der Waals surface area contributed by atoms with E-state index in [2.05, 4.69) is 4.98 Å². The first-order valence-corrected chi connectivity index (χ1v) is 10.3.